The minimum atomic E-state index is -3.74. The van der Waals surface area contributed by atoms with Gasteiger partial charge in [0, 0.05) is 41.9 Å². The highest BCUT2D eigenvalue weighted by atomic mass is 32.2. The fraction of sp³-hybridized carbons (Fsp3) is 0.100. The second-order valence-electron chi connectivity index (χ2n) is 6.23. The summed E-state index contributed by atoms with van der Waals surface area (Å²) in [5, 5.41) is 1.56. The van der Waals surface area contributed by atoms with Gasteiger partial charge in [-0.25, -0.2) is 8.42 Å². The molecule has 3 aromatic carbocycles. The van der Waals surface area contributed by atoms with Gasteiger partial charge in [0.15, 0.2) is 0 Å². The van der Waals surface area contributed by atoms with E-state index >= 15 is 0 Å². The fourth-order valence-electron chi connectivity index (χ4n) is 2.85. The quantitative estimate of drug-likeness (QED) is 0.722. The molecular formula is C20H21N3O2S. The standard InChI is InChI=1S/C20H21N3O2S/c1-14(21)15-10-12-16(13-11-15)22-26(24,25)20-9-5-6-17-18(20)7-4-8-19(17)23(2)3/h4-13,22H,1,21H2,2-3H3. The Kier molecular flexibility index (Phi) is 4.61. The molecule has 0 aliphatic heterocycles. The van der Waals surface area contributed by atoms with Crippen LogP contribution in [0.25, 0.3) is 16.5 Å². The molecule has 3 rings (SSSR count). The van der Waals surface area contributed by atoms with Crippen LogP contribution in [-0.2, 0) is 10.0 Å². The Hall–Kier alpha value is -2.99. The molecule has 134 valence electrons. The van der Waals surface area contributed by atoms with Crippen LogP contribution in [0.15, 0.2) is 72.1 Å². The SMILES string of the molecule is C=C(N)c1ccc(NS(=O)(=O)c2cccc3c(N(C)C)cccc23)cc1. The molecule has 0 saturated carbocycles. The van der Waals surface area contributed by atoms with Crippen LogP contribution in [-0.4, -0.2) is 22.5 Å². The molecule has 3 aromatic rings. The van der Waals surface area contributed by atoms with Crippen LogP contribution in [0.1, 0.15) is 5.56 Å². The number of sulfonamides is 1. The molecule has 0 saturated heterocycles. The topological polar surface area (TPSA) is 75.4 Å². The van der Waals surface area contributed by atoms with Crippen molar-refractivity contribution in [3.8, 4) is 0 Å². The number of fused-ring (bicyclic) bond motifs is 1. The van der Waals surface area contributed by atoms with Gasteiger partial charge in [-0.05, 0) is 29.8 Å². The third kappa shape index (κ3) is 3.36. The lowest BCUT2D eigenvalue weighted by Crippen LogP contribution is -2.14. The first-order valence-electron chi connectivity index (χ1n) is 8.06. The van der Waals surface area contributed by atoms with Crippen LogP contribution < -0.4 is 15.4 Å². The Morgan fingerprint density at radius 1 is 0.962 bits per heavy atom. The Bertz CT molecular complexity index is 1070. The van der Waals surface area contributed by atoms with E-state index in [-0.39, 0.29) is 4.90 Å². The number of hydrogen-bond donors (Lipinski definition) is 2. The Morgan fingerprint density at radius 2 is 1.58 bits per heavy atom. The van der Waals surface area contributed by atoms with E-state index in [1.165, 1.54) is 0 Å². The van der Waals surface area contributed by atoms with Crippen molar-refractivity contribution < 1.29 is 8.42 Å². The van der Waals surface area contributed by atoms with Crippen LogP contribution in [0.4, 0.5) is 11.4 Å². The molecule has 0 aliphatic rings. The second kappa shape index (κ2) is 6.72. The average molecular weight is 367 g/mol. The van der Waals surface area contributed by atoms with Gasteiger partial charge >= 0.3 is 0 Å². The largest absolute Gasteiger partial charge is 0.399 e. The van der Waals surface area contributed by atoms with Gasteiger partial charge < -0.3 is 10.6 Å². The smallest absolute Gasteiger partial charge is 0.262 e. The van der Waals surface area contributed by atoms with E-state index in [0.717, 1.165) is 16.6 Å². The van der Waals surface area contributed by atoms with Crippen molar-refractivity contribution >= 4 is 37.9 Å². The Morgan fingerprint density at radius 3 is 2.19 bits per heavy atom. The van der Waals surface area contributed by atoms with Crippen LogP contribution >= 0.6 is 0 Å². The molecule has 0 aliphatic carbocycles. The second-order valence-corrected chi connectivity index (χ2v) is 7.88. The van der Waals surface area contributed by atoms with E-state index in [9.17, 15) is 8.42 Å². The van der Waals surface area contributed by atoms with Crippen molar-refractivity contribution in [1.82, 2.24) is 0 Å². The van der Waals surface area contributed by atoms with Crippen LogP contribution in [0, 0.1) is 0 Å². The van der Waals surface area contributed by atoms with E-state index in [4.69, 9.17) is 5.73 Å². The Balaban J connectivity index is 2.04. The number of nitrogens with zero attached hydrogens (tertiary/aromatic N) is 1. The van der Waals surface area contributed by atoms with Gasteiger partial charge in [0.05, 0.1) is 4.90 Å². The Labute approximate surface area is 153 Å². The molecule has 0 spiro atoms. The highest BCUT2D eigenvalue weighted by Crippen LogP contribution is 2.31. The molecule has 0 amide bonds. The molecule has 26 heavy (non-hydrogen) atoms. The predicted molar refractivity (Wildman–Crippen MR) is 109 cm³/mol. The first kappa shape index (κ1) is 17.8. The third-order valence-corrected chi connectivity index (χ3v) is 5.58. The molecule has 0 atom stereocenters. The van der Waals surface area contributed by atoms with E-state index in [0.29, 0.717) is 16.8 Å². The lowest BCUT2D eigenvalue weighted by molar-refractivity contribution is 0.602. The molecule has 0 heterocycles. The summed E-state index contributed by atoms with van der Waals surface area (Å²) < 4.78 is 28.5. The summed E-state index contributed by atoms with van der Waals surface area (Å²) in [6.07, 6.45) is 0. The van der Waals surface area contributed by atoms with E-state index in [1.54, 1.807) is 36.4 Å². The number of hydrogen-bond acceptors (Lipinski definition) is 4. The zero-order valence-corrected chi connectivity index (χ0v) is 15.5. The summed E-state index contributed by atoms with van der Waals surface area (Å²) in [7, 11) is 0.126. The van der Waals surface area contributed by atoms with Gasteiger partial charge in [-0.15, -0.1) is 0 Å². The van der Waals surface area contributed by atoms with Gasteiger partial charge in [0.2, 0.25) is 0 Å². The van der Waals surface area contributed by atoms with E-state index in [1.807, 2.05) is 43.3 Å². The van der Waals surface area contributed by atoms with Crippen molar-refractivity contribution in [1.29, 1.82) is 0 Å². The van der Waals surface area contributed by atoms with E-state index in [2.05, 4.69) is 11.3 Å². The fourth-order valence-corrected chi connectivity index (χ4v) is 4.13. The molecule has 6 heteroatoms. The predicted octanol–water partition coefficient (Wildman–Crippen LogP) is 3.64. The van der Waals surface area contributed by atoms with Crippen LogP contribution in [0.5, 0.6) is 0 Å². The molecule has 0 aromatic heterocycles. The first-order chi connectivity index (χ1) is 12.3. The first-order valence-corrected chi connectivity index (χ1v) is 9.54. The summed E-state index contributed by atoms with van der Waals surface area (Å²) in [6, 6.07) is 17.7. The molecule has 5 nitrogen and oxygen atoms in total. The summed E-state index contributed by atoms with van der Waals surface area (Å²) in [5.74, 6) is 0. The number of benzene rings is 3. The highest BCUT2D eigenvalue weighted by Gasteiger charge is 2.18. The zero-order valence-electron chi connectivity index (χ0n) is 14.7. The minimum absolute atomic E-state index is 0.242. The van der Waals surface area contributed by atoms with Crippen molar-refractivity contribution in [2.24, 2.45) is 5.73 Å². The van der Waals surface area contributed by atoms with Gasteiger partial charge in [-0.1, -0.05) is 43.0 Å². The monoisotopic (exact) mass is 367 g/mol. The minimum Gasteiger partial charge on any atom is -0.399 e. The van der Waals surface area contributed by atoms with Crippen molar-refractivity contribution in [3.05, 3.63) is 72.8 Å². The number of nitrogens with two attached hydrogens (primary N) is 1. The van der Waals surface area contributed by atoms with Crippen molar-refractivity contribution in [2.75, 3.05) is 23.7 Å². The van der Waals surface area contributed by atoms with Crippen LogP contribution in [0.3, 0.4) is 0 Å². The van der Waals surface area contributed by atoms with Crippen molar-refractivity contribution in [2.45, 2.75) is 4.90 Å². The van der Waals surface area contributed by atoms with E-state index < -0.39 is 10.0 Å². The average Bonchev–Trinajstić information content (AvgIpc) is 2.60. The summed E-state index contributed by atoms with van der Waals surface area (Å²) in [5.41, 5.74) is 8.27. The highest BCUT2D eigenvalue weighted by molar-refractivity contribution is 7.93. The van der Waals surface area contributed by atoms with Gasteiger partial charge in [-0.2, -0.15) is 0 Å². The molecule has 0 unspecified atom stereocenters. The van der Waals surface area contributed by atoms with Gasteiger partial charge in [0.25, 0.3) is 10.0 Å². The van der Waals surface area contributed by atoms with Gasteiger partial charge in [0.1, 0.15) is 0 Å². The normalized spacial score (nSPS) is 11.3. The molecule has 0 bridgehead atoms. The number of nitrogens with one attached hydrogen (secondary N) is 1. The third-order valence-electron chi connectivity index (χ3n) is 4.14. The lowest BCUT2D eigenvalue weighted by atomic mass is 10.1. The summed E-state index contributed by atoms with van der Waals surface area (Å²) in [4.78, 5) is 2.20. The summed E-state index contributed by atoms with van der Waals surface area (Å²) in [6.45, 7) is 3.67. The maximum atomic E-state index is 12.9. The maximum absolute atomic E-state index is 12.9. The molecule has 0 fully saturated rings. The maximum Gasteiger partial charge on any atom is 0.262 e. The summed E-state index contributed by atoms with van der Waals surface area (Å²) >= 11 is 0. The van der Waals surface area contributed by atoms with Crippen LogP contribution in [0.2, 0.25) is 0 Å². The molecule has 0 radical (unpaired) electrons. The molecular weight excluding hydrogens is 346 g/mol. The number of rotatable bonds is 5. The van der Waals surface area contributed by atoms with Crippen molar-refractivity contribution in [3.63, 3.8) is 0 Å². The number of anilines is 2. The lowest BCUT2D eigenvalue weighted by Gasteiger charge is -2.17. The zero-order chi connectivity index (χ0) is 18.9. The van der Waals surface area contributed by atoms with Gasteiger partial charge in [-0.3, -0.25) is 4.72 Å². The molecule has 3 N–H and O–H groups in total.